The van der Waals surface area contributed by atoms with Crippen LogP contribution in [0, 0.1) is 0 Å². The average Bonchev–Trinajstić information content (AvgIpc) is 3.10. The molecule has 1 aromatic heterocycles. The number of hydrogen-bond acceptors (Lipinski definition) is 4. The van der Waals surface area contributed by atoms with Crippen molar-refractivity contribution in [2.45, 2.75) is 64.3 Å². The van der Waals surface area contributed by atoms with Crippen molar-refractivity contribution in [1.29, 1.82) is 0 Å². The zero-order valence-corrected chi connectivity index (χ0v) is 15.1. The zero-order valence-electron chi connectivity index (χ0n) is 15.1. The minimum absolute atomic E-state index is 0.199. The number of aromatic nitrogens is 2. The molecule has 1 saturated heterocycles. The standard InChI is InChI=1S/C20H27N3O2/c1-15(2)20-21-18(25-22-20)11-12-19(24)23-13-7-6-10-17(23)14-16-8-4-3-5-9-16/h3-5,8-9,15,17H,6-7,10-14H2,1-2H3/t17-/m0/s1. The first-order valence-electron chi connectivity index (χ1n) is 9.29. The highest BCUT2D eigenvalue weighted by Crippen LogP contribution is 2.22. The van der Waals surface area contributed by atoms with Crippen molar-refractivity contribution in [1.82, 2.24) is 15.0 Å². The number of rotatable bonds is 6. The van der Waals surface area contributed by atoms with Crippen LogP contribution in [0.25, 0.3) is 0 Å². The fourth-order valence-electron chi connectivity index (χ4n) is 3.39. The first-order valence-corrected chi connectivity index (χ1v) is 9.29. The first-order chi connectivity index (χ1) is 12.1. The second kappa shape index (κ2) is 8.28. The number of carbonyl (C=O) groups excluding carboxylic acids is 1. The van der Waals surface area contributed by atoms with E-state index in [1.807, 2.05) is 19.9 Å². The Balaban J connectivity index is 1.58. The molecule has 2 aromatic rings. The summed E-state index contributed by atoms with van der Waals surface area (Å²) in [4.78, 5) is 19.2. The summed E-state index contributed by atoms with van der Waals surface area (Å²) in [5, 5.41) is 3.97. The van der Waals surface area contributed by atoms with Gasteiger partial charge in [-0.3, -0.25) is 4.79 Å². The number of likely N-dealkylation sites (tertiary alicyclic amines) is 1. The summed E-state index contributed by atoms with van der Waals surface area (Å²) in [7, 11) is 0. The number of hydrogen-bond donors (Lipinski definition) is 0. The Morgan fingerprint density at radius 3 is 2.80 bits per heavy atom. The van der Waals surface area contributed by atoms with Gasteiger partial charge in [-0.2, -0.15) is 4.98 Å². The number of carbonyl (C=O) groups is 1. The first kappa shape index (κ1) is 17.6. The van der Waals surface area contributed by atoms with Gasteiger partial charge in [-0.1, -0.05) is 49.3 Å². The van der Waals surface area contributed by atoms with Crippen LogP contribution in [0.5, 0.6) is 0 Å². The van der Waals surface area contributed by atoms with Crippen molar-refractivity contribution in [3.05, 3.63) is 47.6 Å². The molecule has 5 heteroatoms. The Labute approximate surface area is 149 Å². The third-order valence-corrected chi connectivity index (χ3v) is 4.81. The van der Waals surface area contributed by atoms with Gasteiger partial charge in [0, 0.05) is 31.3 Å². The zero-order chi connectivity index (χ0) is 17.6. The molecule has 3 rings (SSSR count). The summed E-state index contributed by atoms with van der Waals surface area (Å²) >= 11 is 0. The normalized spacial score (nSPS) is 17.9. The van der Waals surface area contributed by atoms with E-state index in [9.17, 15) is 4.79 Å². The molecule has 5 nitrogen and oxygen atoms in total. The quantitative estimate of drug-likeness (QED) is 0.803. The minimum Gasteiger partial charge on any atom is -0.339 e. The molecule has 2 heterocycles. The number of amides is 1. The van der Waals surface area contributed by atoms with E-state index in [0.29, 0.717) is 30.6 Å². The van der Waals surface area contributed by atoms with E-state index in [-0.39, 0.29) is 11.8 Å². The van der Waals surface area contributed by atoms with E-state index < -0.39 is 0 Å². The van der Waals surface area contributed by atoms with Crippen molar-refractivity contribution in [3.8, 4) is 0 Å². The molecule has 25 heavy (non-hydrogen) atoms. The fraction of sp³-hybridized carbons (Fsp3) is 0.550. The van der Waals surface area contributed by atoms with Gasteiger partial charge in [0.2, 0.25) is 11.8 Å². The fourth-order valence-corrected chi connectivity index (χ4v) is 3.39. The van der Waals surface area contributed by atoms with Crippen LogP contribution >= 0.6 is 0 Å². The molecule has 1 aliphatic heterocycles. The smallest absolute Gasteiger partial charge is 0.227 e. The van der Waals surface area contributed by atoms with Crippen LogP contribution in [0.15, 0.2) is 34.9 Å². The van der Waals surface area contributed by atoms with E-state index in [4.69, 9.17) is 4.52 Å². The van der Waals surface area contributed by atoms with E-state index >= 15 is 0 Å². The van der Waals surface area contributed by atoms with Crippen molar-refractivity contribution < 1.29 is 9.32 Å². The summed E-state index contributed by atoms with van der Waals surface area (Å²) in [5.74, 6) is 1.71. The molecule has 1 aromatic carbocycles. The minimum atomic E-state index is 0.199. The van der Waals surface area contributed by atoms with E-state index in [0.717, 1.165) is 25.8 Å². The van der Waals surface area contributed by atoms with Gasteiger partial charge in [-0.15, -0.1) is 0 Å². The Morgan fingerprint density at radius 1 is 1.28 bits per heavy atom. The van der Waals surface area contributed by atoms with Crippen LogP contribution in [0.1, 0.15) is 62.7 Å². The van der Waals surface area contributed by atoms with Crippen molar-refractivity contribution >= 4 is 5.91 Å². The summed E-state index contributed by atoms with van der Waals surface area (Å²) in [6.07, 6.45) is 5.26. The number of benzene rings is 1. The van der Waals surface area contributed by atoms with Crippen LogP contribution in [-0.2, 0) is 17.6 Å². The largest absolute Gasteiger partial charge is 0.339 e. The van der Waals surface area contributed by atoms with Crippen LogP contribution in [0.3, 0.4) is 0 Å². The highest BCUT2D eigenvalue weighted by molar-refractivity contribution is 5.76. The molecule has 1 amide bonds. The molecule has 0 saturated carbocycles. The van der Waals surface area contributed by atoms with Crippen LogP contribution in [0.2, 0.25) is 0 Å². The maximum absolute atomic E-state index is 12.7. The molecule has 0 unspecified atom stereocenters. The van der Waals surface area contributed by atoms with Crippen LogP contribution in [0.4, 0.5) is 0 Å². The lowest BCUT2D eigenvalue weighted by Crippen LogP contribution is -2.45. The maximum Gasteiger partial charge on any atom is 0.227 e. The van der Waals surface area contributed by atoms with E-state index in [1.54, 1.807) is 0 Å². The molecule has 134 valence electrons. The molecule has 0 spiro atoms. The number of nitrogens with zero attached hydrogens (tertiary/aromatic N) is 3. The second-order valence-corrected chi connectivity index (χ2v) is 7.13. The molecule has 0 aliphatic carbocycles. The van der Waals surface area contributed by atoms with E-state index in [2.05, 4.69) is 39.3 Å². The molecule has 0 radical (unpaired) electrons. The van der Waals surface area contributed by atoms with Gasteiger partial charge in [-0.05, 0) is 31.2 Å². The molecular weight excluding hydrogens is 314 g/mol. The van der Waals surface area contributed by atoms with Gasteiger partial charge in [0.1, 0.15) is 0 Å². The Bertz CT molecular complexity index is 681. The number of piperidine rings is 1. The SMILES string of the molecule is CC(C)c1noc(CCC(=O)N2CCCC[C@H]2Cc2ccccc2)n1. The lowest BCUT2D eigenvalue weighted by Gasteiger charge is -2.36. The van der Waals surface area contributed by atoms with Crippen molar-refractivity contribution in [3.63, 3.8) is 0 Å². The molecule has 1 fully saturated rings. The highest BCUT2D eigenvalue weighted by Gasteiger charge is 2.26. The van der Waals surface area contributed by atoms with Crippen molar-refractivity contribution in [2.24, 2.45) is 0 Å². The third kappa shape index (κ3) is 4.68. The molecule has 0 N–H and O–H groups in total. The molecular formula is C20H27N3O2. The lowest BCUT2D eigenvalue weighted by molar-refractivity contribution is -0.134. The van der Waals surface area contributed by atoms with Gasteiger partial charge in [-0.25, -0.2) is 0 Å². The lowest BCUT2D eigenvalue weighted by atomic mass is 9.95. The Hall–Kier alpha value is -2.17. The predicted octanol–water partition coefficient (Wildman–Crippen LogP) is 3.75. The highest BCUT2D eigenvalue weighted by atomic mass is 16.5. The molecule has 0 bridgehead atoms. The van der Waals surface area contributed by atoms with Gasteiger partial charge < -0.3 is 9.42 Å². The average molecular weight is 341 g/mol. The van der Waals surface area contributed by atoms with Crippen molar-refractivity contribution in [2.75, 3.05) is 6.54 Å². The topological polar surface area (TPSA) is 59.2 Å². The Kier molecular flexibility index (Phi) is 5.84. The van der Waals surface area contributed by atoms with Gasteiger partial charge in [0.15, 0.2) is 5.82 Å². The monoisotopic (exact) mass is 341 g/mol. The predicted molar refractivity (Wildman–Crippen MR) is 96.2 cm³/mol. The van der Waals surface area contributed by atoms with Gasteiger partial charge in [0.05, 0.1) is 0 Å². The van der Waals surface area contributed by atoms with Crippen LogP contribution < -0.4 is 0 Å². The summed E-state index contributed by atoms with van der Waals surface area (Å²) < 4.78 is 5.25. The van der Waals surface area contributed by atoms with Gasteiger partial charge >= 0.3 is 0 Å². The second-order valence-electron chi connectivity index (χ2n) is 7.13. The van der Waals surface area contributed by atoms with E-state index in [1.165, 1.54) is 12.0 Å². The summed E-state index contributed by atoms with van der Waals surface area (Å²) in [5.41, 5.74) is 1.30. The molecule has 1 atom stereocenters. The van der Waals surface area contributed by atoms with Crippen LogP contribution in [-0.4, -0.2) is 33.5 Å². The third-order valence-electron chi connectivity index (χ3n) is 4.81. The van der Waals surface area contributed by atoms with Gasteiger partial charge in [0.25, 0.3) is 0 Å². The number of aryl methyl sites for hydroxylation is 1. The summed E-state index contributed by atoms with van der Waals surface area (Å²) in [6.45, 7) is 4.92. The Morgan fingerprint density at radius 2 is 2.08 bits per heavy atom. The maximum atomic E-state index is 12.7. The summed E-state index contributed by atoms with van der Waals surface area (Å²) in [6, 6.07) is 10.7. The molecule has 1 aliphatic rings.